The van der Waals surface area contributed by atoms with E-state index in [1.807, 2.05) is 30.5 Å². The second kappa shape index (κ2) is 5.05. The number of carbonyl (C=O) groups is 1. The molecule has 1 aromatic carbocycles. The van der Waals surface area contributed by atoms with Crippen molar-refractivity contribution in [2.24, 2.45) is 5.73 Å². The molecule has 4 nitrogen and oxygen atoms in total. The van der Waals surface area contributed by atoms with Crippen LogP contribution >= 0.6 is 0 Å². The van der Waals surface area contributed by atoms with E-state index in [4.69, 9.17) is 5.73 Å². The lowest BCUT2D eigenvalue weighted by atomic mass is 9.91. The van der Waals surface area contributed by atoms with Crippen molar-refractivity contribution < 1.29 is 4.79 Å². The lowest BCUT2D eigenvalue weighted by molar-refractivity contribution is 0.0923. The normalized spacial score (nSPS) is 23.4. The first kappa shape index (κ1) is 12.2. The first-order chi connectivity index (χ1) is 9.25. The van der Waals surface area contributed by atoms with Gasteiger partial charge in [0.1, 0.15) is 0 Å². The summed E-state index contributed by atoms with van der Waals surface area (Å²) < 4.78 is 0. The monoisotopic (exact) mass is 257 g/mol. The van der Waals surface area contributed by atoms with E-state index < -0.39 is 0 Å². The summed E-state index contributed by atoms with van der Waals surface area (Å²) in [4.78, 5) is 15.5. The van der Waals surface area contributed by atoms with E-state index in [1.54, 1.807) is 0 Å². The molecule has 1 aliphatic rings. The van der Waals surface area contributed by atoms with E-state index in [-0.39, 0.29) is 18.0 Å². The number of nitrogens with two attached hydrogens (primary N) is 1. The molecule has 0 spiro atoms. The Bertz CT molecular complexity index is 590. The van der Waals surface area contributed by atoms with Gasteiger partial charge in [-0.2, -0.15) is 0 Å². The number of aromatic amines is 1. The summed E-state index contributed by atoms with van der Waals surface area (Å²) >= 11 is 0. The molecule has 0 bridgehead atoms. The Kier molecular flexibility index (Phi) is 3.25. The van der Waals surface area contributed by atoms with Gasteiger partial charge < -0.3 is 16.0 Å². The SMILES string of the molecule is N[C@@H]1CCCC[C@H]1NC(=O)c1cccc2cc[nH]c12. The highest BCUT2D eigenvalue weighted by Crippen LogP contribution is 2.20. The molecule has 0 unspecified atom stereocenters. The number of hydrogen-bond donors (Lipinski definition) is 3. The first-order valence-corrected chi connectivity index (χ1v) is 6.88. The summed E-state index contributed by atoms with van der Waals surface area (Å²) in [6.07, 6.45) is 6.14. The Morgan fingerprint density at radius 1 is 1.26 bits per heavy atom. The molecule has 1 fully saturated rings. The number of amides is 1. The van der Waals surface area contributed by atoms with Gasteiger partial charge in [-0.25, -0.2) is 0 Å². The van der Waals surface area contributed by atoms with Crippen LogP contribution in [-0.4, -0.2) is 23.0 Å². The molecule has 19 heavy (non-hydrogen) atoms. The minimum atomic E-state index is -0.0320. The van der Waals surface area contributed by atoms with Gasteiger partial charge in [0.05, 0.1) is 11.1 Å². The van der Waals surface area contributed by atoms with Crippen molar-refractivity contribution in [1.29, 1.82) is 0 Å². The predicted octanol–water partition coefficient (Wildman–Crippen LogP) is 2.17. The molecule has 4 N–H and O–H groups in total. The standard InChI is InChI=1S/C15H19N3O/c16-12-6-1-2-7-13(12)18-15(19)11-5-3-4-10-8-9-17-14(10)11/h3-5,8-9,12-13,17H,1-2,6-7,16H2,(H,18,19)/t12-,13-/m1/s1. The molecule has 2 aromatic rings. The van der Waals surface area contributed by atoms with Crippen LogP contribution in [0.1, 0.15) is 36.0 Å². The molecule has 1 aliphatic carbocycles. The number of rotatable bonds is 2. The van der Waals surface area contributed by atoms with Crippen LogP contribution in [-0.2, 0) is 0 Å². The number of para-hydroxylation sites is 1. The molecular weight excluding hydrogens is 238 g/mol. The highest BCUT2D eigenvalue weighted by molar-refractivity contribution is 6.05. The summed E-state index contributed by atoms with van der Waals surface area (Å²) in [7, 11) is 0. The molecule has 2 atom stereocenters. The average Bonchev–Trinajstić information content (AvgIpc) is 2.89. The van der Waals surface area contributed by atoms with Gasteiger partial charge in [0, 0.05) is 23.7 Å². The average molecular weight is 257 g/mol. The molecule has 1 saturated carbocycles. The topological polar surface area (TPSA) is 70.9 Å². The third kappa shape index (κ3) is 2.36. The fourth-order valence-electron chi connectivity index (χ4n) is 2.86. The number of nitrogens with one attached hydrogen (secondary N) is 2. The fourth-order valence-corrected chi connectivity index (χ4v) is 2.86. The summed E-state index contributed by atoms with van der Waals surface area (Å²) in [5.41, 5.74) is 7.66. The van der Waals surface area contributed by atoms with E-state index >= 15 is 0 Å². The number of benzene rings is 1. The van der Waals surface area contributed by atoms with Crippen molar-refractivity contribution in [2.75, 3.05) is 0 Å². The Morgan fingerprint density at radius 2 is 2.11 bits per heavy atom. The van der Waals surface area contributed by atoms with Crippen LogP contribution in [0.4, 0.5) is 0 Å². The van der Waals surface area contributed by atoms with Gasteiger partial charge in [-0.1, -0.05) is 25.0 Å². The maximum absolute atomic E-state index is 12.4. The lowest BCUT2D eigenvalue weighted by Gasteiger charge is -2.29. The van der Waals surface area contributed by atoms with Crippen LogP contribution in [0.5, 0.6) is 0 Å². The van der Waals surface area contributed by atoms with E-state index in [0.29, 0.717) is 5.56 Å². The van der Waals surface area contributed by atoms with Crippen LogP contribution in [0, 0.1) is 0 Å². The smallest absolute Gasteiger partial charge is 0.253 e. The Hall–Kier alpha value is -1.81. The Labute approximate surface area is 112 Å². The second-order valence-corrected chi connectivity index (χ2v) is 5.28. The molecule has 3 rings (SSSR count). The predicted molar refractivity (Wildman–Crippen MR) is 76.0 cm³/mol. The van der Waals surface area contributed by atoms with Gasteiger partial charge in [0.2, 0.25) is 0 Å². The summed E-state index contributed by atoms with van der Waals surface area (Å²) in [6.45, 7) is 0. The highest BCUT2D eigenvalue weighted by Gasteiger charge is 2.24. The van der Waals surface area contributed by atoms with E-state index in [1.165, 1.54) is 6.42 Å². The van der Waals surface area contributed by atoms with Crippen LogP contribution in [0.15, 0.2) is 30.5 Å². The quantitative estimate of drug-likeness (QED) is 0.771. The molecule has 0 radical (unpaired) electrons. The molecule has 0 aliphatic heterocycles. The van der Waals surface area contributed by atoms with Gasteiger partial charge in [-0.15, -0.1) is 0 Å². The van der Waals surface area contributed by atoms with Crippen LogP contribution < -0.4 is 11.1 Å². The third-order valence-corrected chi connectivity index (χ3v) is 3.97. The summed E-state index contributed by atoms with van der Waals surface area (Å²) in [5.74, 6) is -0.0320. The molecule has 1 aromatic heterocycles. The van der Waals surface area contributed by atoms with Crippen molar-refractivity contribution >= 4 is 16.8 Å². The molecule has 4 heteroatoms. The summed E-state index contributed by atoms with van der Waals surface area (Å²) in [5, 5.41) is 4.14. The number of aromatic nitrogens is 1. The fraction of sp³-hybridized carbons (Fsp3) is 0.400. The lowest BCUT2D eigenvalue weighted by Crippen LogP contribution is -2.49. The van der Waals surface area contributed by atoms with E-state index in [2.05, 4.69) is 10.3 Å². The van der Waals surface area contributed by atoms with Gasteiger partial charge in [-0.3, -0.25) is 4.79 Å². The molecule has 1 amide bonds. The van der Waals surface area contributed by atoms with Gasteiger partial charge in [-0.05, 0) is 25.0 Å². The Morgan fingerprint density at radius 3 is 2.95 bits per heavy atom. The van der Waals surface area contributed by atoms with E-state index in [9.17, 15) is 4.79 Å². The van der Waals surface area contributed by atoms with Gasteiger partial charge >= 0.3 is 0 Å². The summed E-state index contributed by atoms with van der Waals surface area (Å²) in [6, 6.07) is 7.91. The maximum atomic E-state index is 12.4. The van der Waals surface area contributed by atoms with Crippen molar-refractivity contribution in [3.63, 3.8) is 0 Å². The molecule has 0 saturated heterocycles. The molecule has 100 valence electrons. The minimum Gasteiger partial charge on any atom is -0.361 e. The Balaban J connectivity index is 1.82. The zero-order chi connectivity index (χ0) is 13.2. The third-order valence-electron chi connectivity index (χ3n) is 3.97. The van der Waals surface area contributed by atoms with Crippen molar-refractivity contribution in [2.45, 2.75) is 37.8 Å². The number of carbonyl (C=O) groups excluding carboxylic acids is 1. The zero-order valence-electron chi connectivity index (χ0n) is 10.9. The first-order valence-electron chi connectivity index (χ1n) is 6.88. The highest BCUT2D eigenvalue weighted by atomic mass is 16.1. The van der Waals surface area contributed by atoms with Crippen LogP contribution in [0.3, 0.4) is 0 Å². The van der Waals surface area contributed by atoms with Crippen molar-refractivity contribution in [3.05, 3.63) is 36.0 Å². The van der Waals surface area contributed by atoms with Crippen molar-refractivity contribution in [3.8, 4) is 0 Å². The number of fused-ring (bicyclic) bond motifs is 1. The molecule has 1 heterocycles. The van der Waals surface area contributed by atoms with E-state index in [0.717, 1.165) is 30.2 Å². The largest absolute Gasteiger partial charge is 0.361 e. The van der Waals surface area contributed by atoms with Gasteiger partial charge in [0.25, 0.3) is 5.91 Å². The maximum Gasteiger partial charge on any atom is 0.253 e. The van der Waals surface area contributed by atoms with Crippen molar-refractivity contribution in [1.82, 2.24) is 10.3 Å². The van der Waals surface area contributed by atoms with Crippen LogP contribution in [0.2, 0.25) is 0 Å². The second-order valence-electron chi connectivity index (χ2n) is 5.28. The number of hydrogen-bond acceptors (Lipinski definition) is 2. The zero-order valence-corrected chi connectivity index (χ0v) is 10.9. The van der Waals surface area contributed by atoms with Crippen LogP contribution in [0.25, 0.3) is 10.9 Å². The molecular formula is C15H19N3O. The van der Waals surface area contributed by atoms with Gasteiger partial charge in [0.15, 0.2) is 0 Å². The minimum absolute atomic E-state index is 0.0320. The number of H-pyrrole nitrogens is 1.